The lowest BCUT2D eigenvalue weighted by atomic mass is 10.1. The molecule has 2 aromatic rings. The summed E-state index contributed by atoms with van der Waals surface area (Å²) in [6, 6.07) is 4.30. The summed E-state index contributed by atoms with van der Waals surface area (Å²) in [5, 5.41) is 10.6. The molecule has 1 heterocycles. The molecule has 0 spiro atoms. The summed E-state index contributed by atoms with van der Waals surface area (Å²) in [6.45, 7) is 7.19. The van der Waals surface area contributed by atoms with Crippen molar-refractivity contribution in [1.82, 2.24) is 0 Å². The molecule has 1 N–H and O–H groups in total. The number of rotatable bonds is 2. The Morgan fingerprint density at radius 3 is 2.81 bits per heavy atom. The Bertz CT molecular complexity index is 554. The number of aliphatic hydroxyl groups is 1. The first-order valence-electron chi connectivity index (χ1n) is 5.02. The predicted molar refractivity (Wildman–Crippen MR) is 60.7 cm³/mol. The van der Waals surface area contributed by atoms with Crippen LogP contribution in [0.1, 0.15) is 24.4 Å². The molecule has 2 nitrogen and oxygen atoms in total. The van der Waals surface area contributed by atoms with E-state index < -0.39 is 6.10 Å². The zero-order valence-electron chi connectivity index (χ0n) is 9.25. The molecular weight excluding hydrogens is 207 g/mol. The number of fused-ring (bicyclic) bond motifs is 1. The summed E-state index contributed by atoms with van der Waals surface area (Å²) in [5.74, 6) is 0.126. The maximum Gasteiger partial charge on any atom is 0.140 e. The van der Waals surface area contributed by atoms with E-state index in [1.807, 2.05) is 0 Å². The Labute approximate surface area is 93.0 Å². The fourth-order valence-electron chi connectivity index (χ4n) is 1.70. The molecule has 0 bridgehead atoms. The Balaban J connectivity index is 2.64. The lowest BCUT2D eigenvalue weighted by molar-refractivity contribution is 0.187. The summed E-state index contributed by atoms with van der Waals surface area (Å²) < 4.78 is 18.6. The topological polar surface area (TPSA) is 33.4 Å². The smallest absolute Gasteiger partial charge is 0.140 e. The van der Waals surface area contributed by atoms with E-state index in [1.54, 1.807) is 19.9 Å². The first-order valence-corrected chi connectivity index (χ1v) is 5.02. The molecule has 1 aromatic heterocycles. The van der Waals surface area contributed by atoms with Gasteiger partial charge in [-0.25, -0.2) is 4.39 Å². The van der Waals surface area contributed by atoms with Gasteiger partial charge < -0.3 is 9.52 Å². The van der Waals surface area contributed by atoms with Crippen LogP contribution in [-0.2, 0) is 0 Å². The number of aliphatic hydroxyl groups excluding tert-OH is 1. The number of halogens is 1. The SMILES string of the molecule is C=C(C)C(O)c1oc2ccc(F)cc2c1C. The molecule has 2 rings (SSSR count). The molecule has 0 aliphatic carbocycles. The zero-order valence-corrected chi connectivity index (χ0v) is 9.25. The third kappa shape index (κ3) is 1.63. The Morgan fingerprint density at radius 2 is 2.19 bits per heavy atom. The molecule has 1 unspecified atom stereocenters. The minimum absolute atomic E-state index is 0.312. The van der Waals surface area contributed by atoms with Gasteiger partial charge in [0.2, 0.25) is 0 Å². The number of hydrogen-bond acceptors (Lipinski definition) is 2. The highest BCUT2D eigenvalue weighted by atomic mass is 19.1. The van der Waals surface area contributed by atoms with Crippen LogP contribution in [0.15, 0.2) is 34.8 Å². The van der Waals surface area contributed by atoms with Crippen LogP contribution in [0.4, 0.5) is 4.39 Å². The van der Waals surface area contributed by atoms with Crippen molar-refractivity contribution < 1.29 is 13.9 Å². The van der Waals surface area contributed by atoms with E-state index in [4.69, 9.17) is 4.42 Å². The summed E-state index contributed by atoms with van der Waals surface area (Å²) >= 11 is 0. The molecule has 1 aromatic carbocycles. The van der Waals surface area contributed by atoms with Crippen molar-refractivity contribution in [2.24, 2.45) is 0 Å². The zero-order chi connectivity index (χ0) is 11.9. The van der Waals surface area contributed by atoms with Crippen molar-refractivity contribution in [2.75, 3.05) is 0 Å². The van der Waals surface area contributed by atoms with E-state index in [1.165, 1.54) is 12.1 Å². The average molecular weight is 220 g/mol. The Kier molecular flexibility index (Phi) is 2.56. The number of furan rings is 1. The van der Waals surface area contributed by atoms with Gasteiger partial charge in [-0.2, -0.15) is 0 Å². The van der Waals surface area contributed by atoms with Gasteiger partial charge in [0.05, 0.1) is 0 Å². The van der Waals surface area contributed by atoms with Crippen molar-refractivity contribution in [3.63, 3.8) is 0 Å². The molecule has 0 radical (unpaired) electrons. The largest absolute Gasteiger partial charge is 0.458 e. The molecule has 0 amide bonds. The van der Waals surface area contributed by atoms with Crippen LogP contribution in [0, 0.1) is 12.7 Å². The highest BCUT2D eigenvalue weighted by molar-refractivity contribution is 5.82. The van der Waals surface area contributed by atoms with Gasteiger partial charge in [0.25, 0.3) is 0 Å². The maximum atomic E-state index is 13.1. The van der Waals surface area contributed by atoms with Crippen molar-refractivity contribution in [2.45, 2.75) is 20.0 Å². The predicted octanol–water partition coefficient (Wildman–Crippen LogP) is 3.49. The molecular formula is C13H13FO2. The molecule has 84 valence electrons. The van der Waals surface area contributed by atoms with Gasteiger partial charge in [0.1, 0.15) is 23.3 Å². The van der Waals surface area contributed by atoms with Gasteiger partial charge in [0.15, 0.2) is 0 Å². The van der Waals surface area contributed by atoms with Crippen LogP contribution >= 0.6 is 0 Å². The second kappa shape index (κ2) is 3.76. The molecule has 3 heteroatoms. The Morgan fingerprint density at radius 1 is 1.50 bits per heavy atom. The van der Waals surface area contributed by atoms with Gasteiger partial charge in [-0.15, -0.1) is 0 Å². The molecule has 0 fully saturated rings. The number of benzene rings is 1. The number of hydrogen-bond donors (Lipinski definition) is 1. The highest BCUT2D eigenvalue weighted by Crippen LogP contribution is 2.32. The fraction of sp³-hybridized carbons (Fsp3) is 0.231. The van der Waals surface area contributed by atoms with Crippen LogP contribution in [0.5, 0.6) is 0 Å². The van der Waals surface area contributed by atoms with E-state index in [-0.39, 0.29) is 5.82 Å². The van der Waals surface area contributed by atoms with Crippen molar-refractivity contribution >= 4 is 11.0 Å². The van der Waals surface area contributed by atoms with Gasteiger partial charge in [-0.1, -0.05) is 6.58 Å². The summed E-state index contributed by atoms with van der Waals surface area (Å²) in [7, 11) is 0. The van der Waals surface area contributed by atoms with Crippen LogP contribution in [-0.4, -0.2) is 5.11 Å². The van der Waals surface area contributed by atoms with E-state index in [2.05, 4.69) is 6.58 Å². The third-order valence-corrected chi connectivity index (χ3v) is 2.65. The number of aryl methyl sites for hydroxylation is 1. The fourth-order valence-corrected chi connectivity index (χ4v) is 1.70. The van der Waals surface area contributed by atoms with Crippen LogP contribution in [0.3, 0.4) is 0 Å². The quantitative estimate of drug-likeness (QED) is 0.786. The third-order valence-electron chi connectivity index (χ3n) is 2.65. The van der Waals surface area contributed by atoms with Crippen molar-refractivity contribution in [3.05, 3.63) is 47.5 Å². The van der Waals surface area contributed by atoms with Gasteiger partial charge in [-0.05, 0) is 37.6 Å². The first-order chi connectivity index (χ1) is 7.50. The molecule has 1 atom stereocenters. The van der Waals surface area contributed by atoms with Gasteiger partial charge >= 0.3 is 0 Å². The van der Waals surface area contributed by atoms with E-state index in [9.17, 15) is 9.50 Å². The van der Waals surface area contributed by atoms with Crippen LogP contribution in [0.25, 0.3) is 11.0 Å². The summed E-state index contributed by atoms with van der Waals surface area (Å²) in [5.41, 5.74) is 1.93. The van der Waals surface area contributed by atoms with Gasteiger partial charge in [-0.3, -0.25) is 0 Å². The van der Waals surface area contributed by atoms with Crippen LogP contribution < -0.4 is 0 Å². The first kappa shape index (κ1) is 10.9. The maximum absolute atomic E-state index is 13.1. The van der Waals surface area contributed by atoms with Crippen molar-refractivity contribution in [3.8, 4) is 0 Å². The molecule has 0 saturated carbocycles. The minimum atomic E-state index is -0.838. The van der Waals surface area contributed by atoms with E-state index in [0.29, 0.717) is 22.3 Å². The highest BCUT2D eigenvalue weighted by Gasteiger charge is 2.18. The average Bonchev–Trinajstić information content (AvgIpc) is 2.55. The lowest BCUT2D eigenvalue weighted by Crippen LogP contribution is -1.97. The minimum Gasteiger partial charge on any atom is -0.458 e. The second-order valence-electron chi connectivity index (χ2n) is 3.98. The Hall–Kier alpha value is -1.61. The summed E-state index contributed by atoms with van der Waals surface area (Å²) in [6.07, 6.45) is -0.838. The van der Waals surface area contributed by atoms with E-state index >= 15 is 0 Å². The normalized spacial score (nSPS) is 13.0. The van der Waals surface area contributed by atoms with Gasteiger partial charge in [0, 0.05) is 10.9 Å². The molecule has 0 aliphatic heterocycles. The molecule has 0 aliphatic rings. The van der Waals surface area contributed by atoms with E-state index in [0.717, 1.165) is 5.56 Å². The monoisotopic (exact) mass is 220 g/mol. The van der Waals surface area contributed by atoms with Crippen LogP contribution in [0.2, 0.25) is 0 Å². The molecule has 16 heavy (non-hydrogen) atoms. The summed E-state index contributed by atoms with van der Waals surface area (Å²) in [4.78, 5) is 0. The van der Waals surface area contributed by atoms with Crippen molar-refractivity contribution in [1.29, 1.82) is 0 Å². The lowest BCUT2D eigenvalue weighted by Gasteiger charge is -2.07. The molecule has 0 saturated heterocycles. The second-order valence-corrected chi connectivity index (χ2v) is 3.98. The standard InChI is InChI=1S/C13H13FO2/c1-7(2)12(15)13-8(3)10-6-9(14)4-5-11(10)16-13/h4-6,12,15H,1H2,2-3H3.